The van der Waals surface area contributed by atoms with Crippen LogP contribution in [0.2, 0.25) is 0 Å². The second-order valence-electron chi connectivity index (χ2n) is 15.0. The Bertz CT molecular complexity index is 3440. The minimum atomic E-state index is 1.14. The first-order valence-corrected chi connectivity index (χ1v) is 19.6. The highest BCUT2D eigenvalue weighted by molar-refractivity contribution is 6.19. The molecule has 0 saturated heterocycles. The van der Waals surface area contributed by atoms with Gasteiger partial charge in [-0.15, -0.1) is 0 Å². The van der Waals surface area contributed by atoms with Crippen LogP contribution < -0.4 is 0 Å². The van der Waals surface area contributed by atoms with Crippen molar-refractivity contribution in [2.45, 2.75) is 0 Å². The van der Waals surface area contributed by atoms with Gasteiger partial charge in [0, 0.05) is 49.4 Å². The number of rotatable bonds is 5. The van der Waals surface area contributed by atoms with Crippen molar-refractivity contribution in [1.29, 1.82) is 0 Å². The van der Waals surface area contributed by atoms with E-state index >= 15 is 0 Å². The lowest BCUT2D eigenvalue weighted by molar-refractivity contribution is 1.14. The Hall–Kier alpha value is -7.62. The standard InChI is InChI=1S/C54H35N3/c1-2-13-36(14-3-1)37-25-27-38(28-26-37)39-15-12-16-42(33-39)57-52-24-11-7-20-46(52)48-34-53-47(35-54(48)57)45-19-6-10-23-51(45)56(53)41-31-29-40(30-32-41)55-49-21-8-4-17-43(49)44-18-5-9-22-50(44)55/h1-35H. The Morgan fingerprint density at radius 1 is 0.193 bits per heavy atom. The minimum Gasteiger partial charge on any atom is -0.309 e. The second kappa shape index (κ2) is 12.5. The molecule has 0 N–H and O–H groups in total. The van der Waals surface area contributed by atoms with Gasteiger partial charge in [0.1, 0.15) is 0 Å². The summed E-state index contributed by atoms with van der Waals surface area (Å²) in [5.41, 5.74) is 15.5. The maximum absolute atomic E-state index is 2.44. The summed E-state index contributed by atoms with van der Waals surface area (Å²) in [6, 6.07) is 77.4. The zero-order valence-corrected chi connectivity index (χ0v) is 31.0. The summed E-state index contributed by atoms with van der Waals surface area (Å²) in [6.45, 7) is 0. The van der Waals surface area contributed by atoms with Gasteiger partial charge in [0.15, 0.2) is 0 Å². The van der Waals surface area contributed by atoms with Crippen molar-refractivity contribution < 1.29 is 0 Å². The Labute approximate surface area is 329 Å². The smallest absolute Gasteiger partial charge is 0.0548 e. The van der Waals surface area contributed by atoms with Crippen molar-refractivity contribution >= 4 is 65.4 Å². The number of fused-ring (bicyclic) bond motifs is 9. The normalized spacial score (nSPS) is 11.9. The first-order valence-electron chi connectivity index (χ1n) is 19.6. The van der Waals surface area contributed by atoms with E-state index in [9.17, 15) is 0 Å². The molecule has 12 aromatic rings. The summed E-state index contributed by atoms with van der Waals surface area (Å²) in [7, 11) is 0. The quantitative estimate of drug-likeness (QED) is 0.168. The highest BCUT2D eigenvalue weighted by Crippen LogP contribution is 2.40. The van der Waals surface area contributed by atoms with E-state index in [2.05, 4.69) is 226 Å². The highest BCUT2D eigenvalue weighted by atomic mass is 15.0. The summed E-state index contributed by atoms with van der Waals surface area (Å²) in [5, 5.41) is 7.50. The summed E-state index contributed by atoms with van der Waals surface area (Å²) < 4.78 is 7.26. The van der Waals surface area contributed by atoms with Crippen molar-refractivity contribution in [2.24, 2.45) is 0 Å². The van der Waals surface area contributed by atoms with Crippen LogP contribution in [0.25, 0.3) is 105 Å². The fourth-order valence-corrected chi connectivity index (χ4v) is 9.25. The Balaban J connectivity index is 1.02. The summed E-state index contributed by atoms with van der Waals surface area (Å²) in [5.74, 6) is 0. The van der Waals surface area contributed by atoms with Gasteiger partial charge in [-0.3, -0.25) is 0 Å². The van der Waals surface area contributed by atoms with Crippen LogP contribution in [-0.2, 0) is 0 Å². The molecule has 0 unspecified atom stereocenters. The predicted molar refractivity (Wildman–Crippen MR) is 240 cm³/mol. The van der Waals surface area contributed by atoms with E-state index in [0.717, 1.165) is 17.1 Å². The number of benzene rings is 9. The molecule has 0 fully saturated rings. The lowest BCUT2D eigenvalue weighted by atomic mass is 10.00. The number of para-hydroxylation sites is 4. The first kappa shape index (κ1) is 31.7. The molecular weight excluding hydrogens is 691 g/mol. The number of hydrogen-bond donors (Lipinski definition) is 0. The van der Waals surface area contributed by atoms with E-state index in [1.807, 2.05) is 0 Å². The van der Waals surface area contributed by atoms with Gasteiger partial charge in [-0.05, 0) is 95.1 Å². The predicted octanol–water partition coefficient (Wildman–Crippen LogP) is 14.3. The molecule has 0 spiro atoms. The first-order chi connectivity index (χ1) is 28.3. The summed E-state index contributed by atoms with van der Waals surface area (Å²) in [4.78, 5) is 0. The van der Waals surface area contributed by atoms with Crippen LogP contribution >= 0.6 is 0 Å². The monoisotopic (exact) mass is 725 g/mol. The van der Waals surface area contributed by atoms with Crippen molar-refractivity contribution in [1.82, 2.24) is 13.7 Å². The largest absolute Gasteiger partial charge is 0.309 e. The third-order valence-electron chi connectivity index (χ3n) is 11.8. The van der Waals surface area contributed by atoms with Gasteiger partial charge in [0.05, 0.1) is 33.1 Å². The van der Waals surface area contributed by atoms with Crippen LogP contribution in [0.5, 0.6) is 0 Å². The van der Waals surface area contributed by atoms with Crippen molar-refractivity contribution in [3.05, 3.63) is 212 Å². The van der Waals surface area contributed by atoms with E-state index < -0.39 is 0 Å². The highest BCUT2D eigenvalue weighted by Gasteiger charge is 2.19. The molecule has 9 aromatic carbocycles. The molecule has 3 aromatic heterocycles. The average molecular weight is 726 g/mol. The van der Waals surface area contributed by atoms with Crippen LogP contribution in [0, 0.1) is 0 Å². The third kappa shape index (κ3) is 4.86. The molecule has 0 aliphatic heterocycles. The van der Waals surface area contributed by atoms with Gasteiger partial charge in [0.2, 0.25) is 0 Å². The van der Waals surface area contributed by atoms with E-state index in [1.165, 1.54) is 87.7 Å². The molecule has 3 heteroatoms. The topological polar surface area (TPSA) is 14.8 Å². The molecule has 57 heavy (non-hydrogen) atoms. The zero-order chi connectivity index (χ0) is 37.5. The van der Waals surface area contributed by atoms with Gasteiger partial charge in [-0.25, -0.2) is 0 Å². The van der Waals surface area contributed by atoms with E-state index in [4.69, 9.17) is 0 Å². The van der Waals surface area contributed by atoms with E-state index in [0.29, 0.717) is 0 Å². The lowest BCUT2D eigenvalue weighted by Gasteiger charge is -2.12. The molecule has 0 bridgehead atoms. The molecule has 0 amide bonds. The van der Waals surface area contributed by atoms with Crippen LogP contribution in [0.4, 0.5) is 0 Å². The fraction of sp³-hybridized carbons (Fsp3) is 0. The SMILES string of the molecule is c1ccc(-c2ccc(-c3cccc(-n4c5ccccc5c5cc6c(cc54)c4ccccc4n6-c4ccc(-n5c6ccccc6c6ccccc65)cc4)c3)cc2)cc1. The van der Waals surface area contributed by atoms with Gasteiger partial charge in [-0.2, -0.15) is 0 Å². The molecule has 3 nitrogen and oxygen atoms in total. The van der Waals surface area contributed by atoms with Crippen LogP contribution in [-0.4, -0.2) is 13.7 Å². The van der Waals surface area contributed by atoms with Gasteiger partial charge in [-0.1, -0.05) is 140 Å². The molecule has 3 heterocycles. The second-order valence-corrected chi connectivity index (χ2v) is 15.0. The summed E-state index contributed by atoms with van der Waals surface area (Å²) in [6.07, 6.45) is 0. The van der Waals surface area contributed by atoms with Gasteiger partial charge in [0.25, 0.3) is 0 Å². The number of hydrogen-bond acceptors (Lipinski definition) is 0. The molecule has 0 atom stereocenters. The zero-order valence-electron chi connectivity index (χ0n) is 31.0. The molecule has 0 aliphatic rings. The van der Waals surface area contributed by atoms with Crippen molar-refractivity contribution in [2.75, 3.05) is 0 Å². The maximum atomic E-state index is 2.44. The van der Waals surface area contributed by atoms with Crippen LogP contribution in [0.3, 0.4) is 0 Å². The van der Waals surface area contributed by atoms with Gasteiger partial charge >= 0.3 is 0 Å². The molecular formula is C54H35N3. The number of aromatic nitrogens is 3. The Morgan fingerprint density at radius 3 is 1.04 bits per heavy atom. The van der Waals surface area contributed by atoms with Crippen LogP contribution in [0.15, 0.2) is 212 Å². The van der Waals surface area contributed by atoms with Gasteiger partial charge < -0.3 is 13.7 Å². The summed E-state index contributed by atoms with van der Waals surface area (Å²) >= 11 is 0. The molecule has 0 saturated carbocycles. The number of nitrogens with zero attached hydrogens (tertiary/aromatic N) is 3. The Morgan fingerprint density at radius 2 is 0.544 bits per heavy atom. The Kier molecular flexibility index (Phi) is 6.93. The third-order valence-corrected chi connectivity index (χ3v) is 11.8. The molecule has 0 radical (unpaired) electrons. The van der Waals surface area contributed by atoms with Crippen molar-refractivity contribution in [3.63, 3.8) is 0 Å². The molecule has 266 valence electrons. The fourth-order valence-electron chi connectivity index (χ4n) is 9.25. The van der Waals surface area contributed by atoms with E-state index in [-0.39, 0.29) is 0 Å². The van der Waals surface area contributed by atoms with E-state index in [1.54, 1.807) is 0 Å². The average Bonchev–Trinajstić information content (AvgIpc) is 3.91. The molecule has 12 rings (SSSR count). The minimum absolute atomic E-state index is 1.14. The van der Waals surface area contributed by atoms with Crippen LogP contribution in [0.1, 0.15) is 0 Å². The van der Waals surface area contributed by atoms with Crippen molar-refractivity contribution in [3.8, 4) is 39.3 Å². The molecule has 0 aliphatic carbocycles. The lowest BCUT2D eigenvalue weighted by Crippen LogP contribution is -1.97. The maximum Gasteiger partial charge on any atom is 0.0548 e.